The molecule has 4 heteroatoms. The van der Waals surface area contributed by atoms with Gasteiger partial charge >= 0.3 is 0 Å². The summed E-state index contributed by atoms with van der Waals surface area (Å²) in [6.45, 7) is 0. The molecule has 0 saturated carbocycles. The minimum absolute atomic E-state index is 0.131. The van der Waals surface area contributed by atoms with Gasteiger partial charge < -0.3 is 5.32 Å². The molecule has 72 valence electrons. The maximum Gasteiger partial charge on any atom is 0.295 e. The Bertz CT molecular complexity index is 418. The monoisotopic (exact) mass is 195 g/mol. The molecule has 1 aromatic carbocycles. The number of benzene rings is 1. The first-order valence-corrected chi connectivity index (χ1v) is 3.82. The molecule has 0 aromatic heterocycles. The highest BCUT2D eigenvalue weighted by molar-refractivity contribution is 5.93. The van der Waals surface area contributed by atoms with Crippen molar-refractivity contribution in [3.05, 3.63) is 35.4 Å². The number of nitrogens with one attached hydrogen (secondary N) is 1. The van der Waals surface area contributed by atoms with Crippen LogP contribution in [0.4, 0.5) is 8.78 Å². The summed E-state index contributed by atoms with van der Waals surface area (Å²) in [5, 5.41) is 2.24. The van der Waals surface area contributed by atoms with Crippen LogP contribution >= 0.6 is 0 Å². The molecule has 0 heterocycles. The van der Waals surface area contributed by atoms with Crippen LogP contribution in [0.1, 0.15) is 5.56 Å². The fourth-order valence-corrected chi connectivity index (χ4v) is 0.780. The molecule has 0 aliphatic heterocycles. The first-order chi connectivity index (χ1) is 6.63. The lowest BCUT2D eigenvalue weighted by Gasteiger charge is -1.93. The Kier molecular flexibility index (Phi) is 3.19. The minimum Gasteiger partial charge on any atom is -0.348 e. The summed E-state index contributed by atoms with van der Waals surface area (Å²) in [7, 11) is 1.40. The quantitative estimate of drug-likeness (QED) is 0.616. The smallest absolute Gasteiger partial charge is 0.295 e. The zero-order valence-electron chi connectivity index (χ0n) is 7.40. The molecule has 0 unspecified atom stereocenters. The van der Waals surface area contributed by atoms with Crippen LogP contribution < -0.4 is 5.32 Å². The van der Waals surface area contributed by atoms with E-state index < -0.39 is 17.5 Å². The van der Waals surface area contributed by atoms with E-state index in [1.165, 1.54) is 7.05 Å². The topological polar surface area (TPSA) is 29.1 Å². The first-order valence-electron chi connectivity index (χ1n) is 3.82. The van der Waals surface area contributed by atoms with Crippen molar-refractivity contribution >= 4 is 5.91 Å². The van der Waals surface area contributed by atoms with Crippen LogP contribution in [0.3, 0.4) is 0 Å². The molecule has 0 spiro atoms. The zero-order chi connectivity index (χ0) is 10.6. The summed E-state index contributed by atoms with van der Waals surface area (Å²) in [5.41, 5.74) is -0.131. The van der Waals surface area contributed by atoms with Gasteiger partial charge in [-0.1, -0.05) is 5.92 Å². The summed E-state index contributed by atoms with van der Waals surface area (Å²) in [6, 6.07) is 2.88. The van der Waals surface area contributed by atoms with Crippen molar-refractivity contribution in [3.8, 4) is 11.8 Å². The lowest BCUT2D eigenvalue weighted by Crippen LogP contribution is -2.14. The maximum atomic E-state index is 12.9. The van der Waals surface area contributed by atoms with Crippen LogP contribution in [-0.4, -0.2) is 13.0 Å². The van der Waals surface area contributed by atoms with Crippen LogP contribution in [0.2, 0.25) is 0 Å². The van der Waals surface area contributed by atoms with E-state index >= 15 is 0 Å². The van der Waals surface area contributed by atoms with Crippen LogP contribution in [0.25, 0.3) is 0 Å². The molecule has 1 amide bonds. The van der Waals surface area contributed by atoms with Crippen molar-refractivity contribution in [2.75, 3.05) is 7.05 Å². The van der Waals surface area contributed by atoms with E-state index in [-0.39, 0.29) is 5.56 Å². The van der Waals surface area contributed by atoms with Gasteiger partial charge in [0.05, 0.1) is 5.56 Å². The van der Waals surface area contributed by atoms with Gasteiger partial charge in [0.15, 0.2) is 0 Å². The predicted octanol–water partition coefficient (Wildman–Crippen LogP) is 1.06. The van der Waals surface area contributed by atoms with E-state index in [1.807, 2.05) is 0 Å². The van der Waals surface area contributed by atoms with E-state index in [0.717, 1.165) is 18.2 Å². The molecule has 0 radical (unpaired) electrons. The Morgan fingerprint density at radius 3 is 2.79 bits per heavy atom. The van der Waals surface area contributed by atoms with E-state index in [9.17, 15) is 13.6 Å². The van der Waals surface area contributed by atoms with Gasteiger partial charge in [0.25, 0.3) is 5.91 Å². The van der Waals surface area contributed by atoms with Gasteiger partial charge in [-0.15, -0.1) is 0 Å². The first kappa shape index (κ1) is 10.2. The third kappa shape index (κ3) is 2.56. The number of carbonyl (C=O) groups is 1. The molecule has 1 rings (SSSR count). The van der Waals surface area contributed by atoms with Gasteiger partial charge in [-0.05, 0) is 18.2 Å². The molecule has 1 aromatic rings. The van der Waals surface area contributed by atoms with Gasteiger partial charge in [-0.25, -0.2) is 8.78 Å². The minimum atomic E-state index is -0.650. The molecule has 14 heavy (non-hydrogen) atoms. The van der Waals surface area contributed by atoms with E-state index in [1.54, 1.807) is 0 Å². The number of halogens is 2. The molecule has 2 nitrogen and oxygen atoms in total. The Hall–Kier alpha value is -1.89. The number of carbonyl (C=O) groups excluding carboxylic acids is 1. The molecule has 0 aliphatic rings. The lowest BCUT2D eigenvalue weighted by molar-refractivity contribution is -0.115. The second kappa shape index (κ2) is 4.38. The Morgan fingerprint density at radius 2 is 2.14 bits per heavy atom. The highest BCUT2D eigenvalue weighted by atomic mass is 19.1. The Morgan fingerprint density at radius 1 is 1.43 bits per heavy atom. The molecule has 0 atom stereocenters. The summed E-state index contributed by atoms with van der Waals surface area (Å²) >= 11 is 0. The Balaban J connectivity index is 3.00. The molecule has 1 N–H and O–H groups in total. The van der Waals surface area contributed by atoms with Crippen molar-refractivity contribution < 1.29 is 13.6 Å². The van der Waals surface area contributed by atoms with Gasteiger partial charge in [0, 0.05) is 13.0 Å². The average Bonchev–Trinajstić information content (AvgIpc) is 2.19. The summed E-state index contributed by atoms with van der Waals surface area (Å²) in [6.07, 6.45) is 0. The number of amides is 1. The second-order valence-electron chi connectivity index (χ2n) is 2.45. The van der Waals surface area contributed by atoms with Crippen LogP contribution in [0.5, 0.6) is 0 Å². The van der Waals surface area contributed by atoms with E-state index in [2.05, 4.69) is 17.2 Å². The molecule has 0 fully saturated rings. The highest BCUT2D eigenvalue weighted by Gasteiger charge is 2.00. The van der Waals surface area contributed by atoms with Gasteiger partial charge in [0.2, 0.25) is 0 Å². The normalized spacial score (nSPS) is 8.79. The third-order valence-corrected chi connectivity index (χ3v) is 1.47. The molecule has 0 saturated heterocycles. The summed E-state index contributed by atoms with van der Waals surface area (Å²) in [4.78, 5) is 10.7. The van der Waals surface area contributed by atoms with Crippen LogP contribution in [0.15, 0.2) is 18.2 Å². The van der Waals surface area contributed by atoms with E-state index in [0.29, 0.717) is 0 Å². The number of hydrogen-bond donors (Lipinski definition) is 1. The Labute approximate surface area is 79.9 Å². The number of rotatable bonds is 0. The fraction of sp³-hybridized carbons (Fsp3) is 0.100. The molecule has 0 aliphatic carbocycles. The summed E-state index contributed by atoms with van der Waals surface area (Å²) in [5.74, 6) is 2.55. The van der Waals surface area contributed by atoms with Crippen LogP contribution in [-0.2, 0) is 4.79 Å². The van der Waals surface area contributed by atoms with Crippen molar-refractivity contribution in [2.45, 2.75) is 0 Å². The third-order valence-electron chi connectivity index (χ3n) is 1.47. The van der Waals surface area contributed by atoms with Crippen molar-refractivity contribution in [3.63, 3.8) is 0 Å². The molecule has 0 bridgehead atoms. The van der Waals surface area contributed by atoms with Gasteiger partial charge in [-0.3, -0.25) is 4.79 Å². The van der Waals surface area contributed by atoms with Crippen molar-refractivity contribution in [2.24, 2.45) is 0 Å². The van der Waals surface area contributed by atoms with Gasteiger partial charge in [0.1, 0.15) is 11.6 Å². The predicted molar refractivity (Wildman–Crippen MR) is 47.3 cm³/mol. The largest absolute Gasteiger partial charge is 0.348 e. The van der Waals surface area contributed by atoms with Crippen LogP contribution in [0, 0.1) is 23.5 Å². The van der Waals surface area contributed by atoms with Crippen molar-refractivity contribution in [1.29, 1.82) is 0 Å². The average molecular weight is 195 g/mol. The van der Waals surface area contributed by atoms with E-state index in [4.69, 9.17) is 0 Å². The second-order valence-corrected chi connectivity index (χ2v) is 2.45. The molecular formula is C10H7F2NO. The fourth-order valence-electron chi connectivity index (χ4n) is 0.780. The lowest BCUT2D eigenvalue weighted by atomic mass is 10.2. The summed E-state index contributed by atoms with van der Waals surface area (Å²) < 4.78 is 25.5. The standard InChI is InChI=1S/C10H7F2NO/c1-13-10(14)5-2-7-6-8(11)3-4-9(7)12/h3-4,6H,1H3,(H,13,14). The molecular weight excluding hydrogens is 188 g/mol. The maximum absolute atomic E-state index is 12.9. The highest BCUT2D eigenvalue weighted by Crippen LogP contribution is 2.07. The number of hydrogen-bond acceptors (Lipinski definition) is 1. The SMILES string of the molecule is CNC(=O)C#Cc1cc(F)ccc1F. The van der Waals surface area contributed by atoms with Gasteiger partial charge in [-0.2, -0.15) is 0 Å². The zero-order valence-corrected chi connectivity index (χ0v) is 7.40. The van der Waals surface area contributed by atoms with Crippen molar-refractivity contribution in [1.82, 2.24) is 5.32 Å².